The number of amides is 1. The van der Waals surface area contributed by atoms with Gasteiger partial charge in [0.1, 0.15) is 5.75 Å². The van der Waals surface area contributed by atoms with Crippen molar-refractivity contribution in [1.82, 2.24) is 0 Å². The van der Waals surface area contributed by atoms with Crippen molar-refractivity contribution in [3.8, 4) is 5.75 Å². The predicted molar refractivity (Wildman–Crippen MR) is 86.2 cm³/mol. The van der Waals surface area contributed by atoms with E-state index < -0.39 is 17.6 Å². The van der Waals surface area contributed by atoms with Gasteiger partial charge >= 0.3 is 6.18 Å². The average Bonchev–Trinajstić information content (AvgIpc) is 2.50. The van der Waals surface area contributed by atoms with E-state index in [1.807, 2.05) is 32.9 Å². The molecule has 0 aliphatic carbocycles. The van der Waals surface area contributed by atoms with Crippen LogP contribution in [0.5, 0.6) is 5.75 Å². The first-order valence-electron chi connectivity index (χ1n) is 7.36. The Kier molecular flexibility index (Phi) is 5.17. The number of carbonyl (C=O) groups is 1. The van der Waals surface area contributed by atoms with E-state index in [2.05, 4.69) is 5.32 Å². The molecule has 0 saturated heterocycles. The SMILES string of the molecule is Cc1ccc(C)c(OCC(=O)Nc2ccccc2C(F)(F)F)c1C. The topological polar surface area (TPSA) is 38.3 Å². The lowest BCUT2D eigenvalue weighted by Gasteiger charge is -2.15. The van der Waals surface area contributed by atoms with E-state index in [1.165, 1.54) is 18.2 Å². The van der Waals surface area contributed by atoms with Crippen LogP contribution >= 0.6 is 0 Å². The van der Waals surface area contributed by atoms with Crippen molar-refractivity contribution in [2.75, 3.05) is 11.9 Å². The molecule has 0 fully saturated rings. The maximum absolute atomic E-state index is 12.9. The van der Waals surface area contributed by atoms with Gasteiger partial charge in [0.15, 0.2) is 6.61 Å². The summed E-state index contributed by atoms with van der Waals surface area (Å²) in [6.07, 6.45) is -4.53. The Morgan fingerprint density at radius 2 is 1.67 bits per heavy atom. The minimum Gasteiger partial charge on any atom is -0.483 e. The first kappa shape index (κ1) is 17.8. The number of hydrogen-bond acceptors (Lipinski definition) is 2. The van der Waals surface area contributed by atoms with Crippen molar-refractivity contribution >= 4 is 11.6 Å². The number of carbonyl (C=O) groups excluding carboxylic acids is 1. The summed E-state index contributed by atoms with van der Waals surface area (Å²) in [5.74, 6) is -0.0683. The highest BCUT2D eigenvalue weighted by Crippen LogP contribution is 2.34. The molecule has 1 amide bonds. The number of rotatable bonds is 4. The summed E-state index contributed by atoms with van der Waals surface area (Å²) in [4.78, 5) is 12.0. The Morgan fingerprint density at radius 3 is 2.33 bits per heavy atom. The van der Waals surface area contributed by atoms with Gasteiger partial charge in [-0.1, -0.05) is 24.3 Å². The van der Waals surface area contributed by atoms with Crippen LogP contribution in [0.2, 0.25) is 0 Å². The van der Waals surface area contributed by atoms with E-state index in [0.29, 0.717) is 5.75 Å². The van der Waals surface area contributed by atoms with E-state index in [-0.39, 0.29) is 12.3 Å². The van der Waals surface area contributed by atoms with Crippen molar-refractivity contribution in [1.29, 1.82) is 0 Å². The first-order valence-corrected chi connectivity index (χ1v) is 7.36. The summed E-state index contributed by atoms with van der Waals surface area (Å²) in [7, 11) is 0. The smallest absolute Gasteiger partial charge is 0.418 e. The van der Waals surface area contributed by atoms with Crippen LogP contribution in [-0.2, 0) is 11.0 Å². The molecule has 0 saturated carbocycles. The zero-order valence-electron chi connectivity index (χ0n) is 13.6. The quantitative estimate of drug-likeness (QED) is 0.882. The Hall–Kier alpha value is -2.50. The standard InChI is InChI=1S/C18H18F3NO2/c1-11-8-9-12(2)17(13(11)3)24-10-16(23)22-15-7-5-4-6-14(15)18(19,20)21/h4-9H,10H2,1-3H3,(H,22,23). The largest absolute Gasteiger partial charge is 0.483 e. The van der Waals surface area contributed by atoms with E-state index in [4.69, 9.17) is 4.74 Å². The Balaban J connectivity index is 2.10. The van der Waals surface area contributed by atoms with Crippen LogP contribution in [-0.4, -0.2) is 12.5 Å². The summed E-state index contributed by atoms with van der Waals surface area (Å²) in [6.45, 7) is 5.27. The summed E-state index contributed by atoms with van der Waals surface area (Å²) in [6, 6.07) is 8.65. The fraction of sp³-hybridized carbons (Fsp3) is 0.278. The molecule has 0 unspecified atom stereocenters. The van der Waals surface area contributed by atoms with Crippen LogP contribution in [0.25, 0.3) is 0 Å². The van der Waals surface area contributed by atoms with E-state index in [0.717, 1.165) is 22.8 Å². The number of alkyl halides is 3. The van der Waals surface area contributed by atoms with Gasteiger partial charge in [-0.05, 0) is 49.6 Å². The molecule has 0 spiro atoms. The number of aryl methyl sites for hydroxylation is 2. The van der Waals surface area contributed by atoms with Gasteiger partial charge in [-0.3, -0.25) is 4.79 Å². The van der Waals surface area contributed by atoms with Crippen molar-refractivity contribution in [3.05, 3.63) is 58.7 Å². The van der Waals surface area contributed by atoms with Crippen LogP contribution in [0, 0.1) is 20.8 Å². The van der Waals surface area contributed by atoms with Gasteiger partial charge in [0.25, 0.3) is 5.91 Å². The summed E-state index contributed by atoms with van der Waals surface area (Å²) < 4.78 is 44.3. The number of ether oxygens (including phenoxy) is 1. The third-order valence-corrected chi connectivity index (χ3v) is 3.73. The van der Waals surface area contributed by atoms with Crippen LogP contribution in [0.15, 0.2) is 36.4 Å². The fourth-order valence-corrected chi connectivity index (χ4v) is 2.31. The minimum absolute atomic E-state index is 0.281. The predicted octanol–water partition coefficient (Wildman–Crippen LogP) is 4.65. The number of hydrogen-bond donors (Lipinski definition) is 1. The lowest BCUT2D eigenvalue weighted by atomic mass is 10.1. The molecule has 0 aliphatic rings. The molecule has 0 aromatic heterocycles. The summed E-state index contributed by atoms with van der Waals surface area (Å²) >= 11 is 0. The number of benzene rings is 2. The van der Waals surface area contributed by atoms with Gasteiger partial charge in [0.2, 0.25) is 0 Å². The number of para-hydroxylation sites is 1. The van der Waals surface area contributed by atoms with Crippen molar-refractivity contribution in [2.45, 2.75) is 26.9 Å². The van der Waals surface area contributed by atoms with Gasteiger partial charge in [-0.2, -0.15) is 13.2 Å². The molecule has 0 atom stereocenters. The highest BCUT2D eigenvalue weighted by atomic mass is 19.4. The van der Waals surface area contributed by atoms with Crippen LogP contribution < -0.4 is 10.1 Å². The highest BCUT2D eigenvalue weighted by molar-refractivity contribution is 5.92. The lowest BCUT2D eigenvalue weighted by molar-refractivity contribution is -0.137. The Morgan fingerprint density at radius 1 is 1.04 bits per heavy atom. The van der Waals surface area contributed by atoms with Crippen LogP contribution in [0.4, 0.5) is 18.9 Å². The molecule has 2 rings (SSSR count). The maximum Gasteiger partial charge on any atom is 0.418 e. The van der Waals surface area contributed by atoms with Gasteiger partial charge in [0.05, 0.1) is 11.3 Å². The van der Waals surface area contributed by atoms with Gasteiger partial charge in [-0.15, -0.1) is 0 Å². The van der Waals surface area contributed by atoms with Gasteiger partial charge < -0.3 is 10.1 Å². The first-order chi connectivity index (χ1) is 11.2. The summed E-state index contributed by atoms with van der Waals surface area (Å²) in [5, 5.41) is 2.26. The van der Waals surface area contributed by atoms with Crippen molar-refractivity contribution in [2.24, 2.45) is 0 Å². The highest BCUT2D eigenvalue weighted by Gasteiger charge is 2.33. The Bertz CT molecular complexity index is 754. The molecule has 0 bridgehead atoms. The molecule has 3 nitrogen and oxygen atoms in total. The number of nitrogens with one attached hydrogen (secondary N) is 1. The van der Waals surface area contributed by atoms with Gasteiger partial charge in [-0.25, -0.2) is 0 Å². The zero-order chi connectivity index (χ0) is 17.9. The normalized spacial score (nSPS) is 11.2. The third kappa shape index (κ3) is 4.07. The molecule has 128 valence electrons. The molecular weight excluding hydrogens is 319 g/mol. The summed E-state index contributed by atoms with van der Waals surface area (Å²) in [5.41, 5.74) is 1.61. The van der Waals surface area contributed by atoms with Gasteiger partial charge in [0, 0.05) is 0 Å². The molecule has 6 heteroatoms. The van der Waals surface area contributed by atoms with Crippen LogP contribution in [0.1, 0.15) is 22.3 Å². The molecule has 24 heavy (non-hydrogen) atoms. The van der Waals surface area contributed by atoms with Crippen molar-refractivity contribution < 1.29 is 22.7 Å². The molecule has 1 N–H and O–H groups in total. The Labute approximate surface area is 138 Å². The third-order valence-electron chi connectivity index (χ3n) is 3.73. The fourth-order valence-electron chi connectivity index (χ4n) is 2.31. The molecule has 0 heterocycles. The zero-order valence-corrected chi connectivity index (χ0v) is 13.6. The second-order valence-corrected chi connectivity index (χ2v) is 5.53. The van der Waals surface area contributed by atoms with Crippen molar-refractivity contribution in [3.63, 3.8) is 0 Å². The van der Waals surface area contributed by atoms with E-state index in [1.54, 1.807) is 0 Å². The molecule has 0 aliphatic heterocycles. The number of anilines is 1. The average molecular weight is 337 g/mol. The second-order valence-electron chi connectivity index (χ2n) is 5.53. The molecule has 2 aromatic rings. The lowest BCUT2D eigenvalue weighted by Crippen LogP contribution is -2.22. The monoisotopic (exact) mass is 337 g/mol. The maximum atomic E-state index is 12.9. The van der Waals surface area contributed by atoms with Crippen LogP contribution in [0.3, 0.4) is 0 Å². The minimum atomic E-state index is -4.53. The van der Waals surface area contributed by atoms with E-state index in [9.17, 15) is 18.0 Å². The molecule has 2 aromatic carbocycles. The molecule has 0 radical (unpaired) electrons. The number of halogens is 3. The second kappa shape index (κ2) is 6.95. The van der Waals surface area contributed by atoms with E-state index >= 15 is 0 Å². The molecular formula is C18H18F3NO2.